The first-order chi connectivity index (χ1) is 10.0. The van der Waals surface area contributed by atoms with E-state index in [2.05, 4.69) is 17.6 Å². The number of anilines is 1. The summed E-state index contributed by atoms with van der Waals surface area (Å²) in [7, 11) is 0. The number of nitrogens with one attached hydrogen (secondary N) is 2. The fourth-order valence-corrected chi connectivity index (χ4v) is 2.77. The van der Waals surface area contributed by atoms with E-state index < -0.39 is 0 Å². The topological polar surface area (TPSA) is 58.2 Å². The highest BCUT2D eigenvalue weighted by Crippen LogP contribution is 2.22. The zero-order chi connectivity index (χ0) is 15.2. The summed E-state index contributed by atoms with van der Waals surface area (Å²) in [6, 6.07) is 7.07. The highest BCUT2D eigenvalue weighted by molar-refractivity contribution is 5.95. The molecule has 1 saturated carbocycles. The van der Waals surface area contributed by atoms with Gasteiger partial charge in [-0.25, -0.2) is 4.79 Å². The Bertz CT molecular complexity index is 496. The molecular formula is C17H24N2O2. The summed E-state index contributed by atoms with van der Waals surface area (Å²) in [5, 5.41) is 5.87. The van der Waals surface area contributed by atoms with Crippen LogP contribution in [0.15, 0.2) is 24.3 Å². The maximum absolute atomic E-state index is 12.0. The summed E-state index contributed by atoms with van der Waals surface area (Å²) < 4.78 is 0. The number of benzene rings is 1. The van der Waals surface area contributed by atoms with Gasteiger partial charge in [-0.05, 0) is 56.4 Å². The number of ketones is 1. The molecule has 2 atom stereocenters. The standard InChI is InChI=1S/C17H24N2O2/c1-12-4-3-5-15(9-6-12)18-17(21)19-16-10-7-14(8-11-16)13(2)20/h7-8,10-12,15H,3-6,9H2,1-2H3,(H2,18,19,21). The molecular weight excluding hydrogens is 264 g/mol. The van der Waals surface area contributed by atoms with Crippen LogP contribution in [-0.4, -0.2) is 17.9 Å². The first-order valence-electron chi connectivity index (χ1n) is 7.73. The minimum atomic E-state index is -0.162. The molecule has 0 saturated heterocycles. The average Bonchev–Trinajstić information content (AvgIpc) is 2.64. The molecule has 2 N–H and O–H groups in total. The Balaban J connectivity index is 1.85. The molecule has 1 aliphatic carbocycles. The second-order valence-corrected chi connectivity index (χ2v) is 6.04. The molecule has 0 heterocycles. The van der Waals surface area contributed by atoms with E-state index in [-0.39, 0.29) is 17.9 Å². The number of urea groups is 1. The van der Waals surface area contributed by atoms with Crippen LogP contribution in [0.25, 0.3) is 0 Å². The number of hydrogen-bond donors (Lipinski definition) is 2. The van der Waals surface area contributed by atoms with Gasteiger partial charge in [0.05, 0.1) is 0 Å². The summed E-state index contributed by atoms with van der Waals surface area (Å²) in [5.41, 5.74) is 1.36. The van der Waals surface area contributed by atoms with Crippen LogP contribution in [0.2, 0.25) is 0 Å². The highest BCUT2D eigenvalue weighted by atomic mass is 16.2. The number of carbonyl (C=O) groups excluding carboxylic acids is 2. The normalized spacial score (nSPS) is 22.2. The average molecular weight is 288 g/mol. The SMILES string of the molecule is CC(=O)c1ccc(NC(=O)NC2CCCC(C)CC2)cc1. The van der Waals surface area contributed by atoms with Gasteiger partial charge in [-0.3, -0.25) is 4.79 Å². The Hall–Kier alpha value is -1.84. The quantitative estimate of drug-likeness (QED) is 0.653. The molecule has 0 spiro atoms. The van der Waals surface area contributed by atoms with Gasteiger partial charge in [-0.2, -0.15) is 0 Å². The zero-order valence-electron chi connectivity index (χ0n) is 12.8. The van der Waals surface area contributed by atoms with E-state index in [4.69, 9.17) is 0 Å². The minimum absolute atomic E-state index is 0.0265. The Morgan fingerprint density at radius 2 is 1.76 bits per heavy atom. The third-order valence-electron chi connectivity index (χ3n) is 4.14. The van der Waals surface area contributed by atoms with E-state index in [0.29, 0.717) is 11.3 Å². The van der Waals surface area contributed by atoms with Crippen molar-refractivity contribution in [3.8, 4) is 0 Å². The highest BCUT2D eigenvalue weighted by Gasteiger charge is 2.17. The Morgan fingerprint density at radius 1 is 1.05 bits per heavy atom. The van der Waals surface area contributed by atoms with Gasteiger partial charge >= 0.3 is 6.03 Å². The first-order valence-corrected chi connectivity index (χ1v) is 7.73. The van der Waals surface area contributed by atoms with E-state index in [0.717, 1.165) is 18.8 Å². The third kappa shape index (κ3) is 4.88. The van der Waals surface area contributed by atoms with Gasteiger partial charge in [-0.1, -0.05) is 19.8 Å². The lowest BCUT2D eigenvalue weighted by Crippen LogP contribution is -2.37. The van der Waals surface area contributed by atoms with Gasteiger partial charge in [-0.15, -0.1) is 0 Å². The molecule has 0 bridgehead atoms. The monoisotopic (exact) mass is 288 g/mol. The predicted octanol–water partition coefficient (Wildman–Crippen LogP) is 3.98. The molecule has 2 unspecified atom stereocenters. The molecule has 0 aliphatic heterocycles. The second kappa shape index (κ2) is 7.25. The van der Waals surface area contributed by atoms with Gasteiger partial charge in [0.2, 0.25) is 0 Å². The molecule has 1 aliphatic rings. The lowest BCUT2D eigenvalue weighted by molar-refractivity contribution is 0.101. The van der Waals surface area contributed by atoms with E-state index in [1.807, 2.05) is 0 Å². The maximum Gasteiger partial charge on any atom is 0.319 e. The number of Topliss-reactive ketones (excluding diaryl/α,β-unsaturated/α-hetero) is 1. The zero-order valence-corrected chi connectivity index (χ0v) is 12.8. The van der Waals surface area contributed by atoms with Crippen molar-refractivity contribution >= 4 is 17.5 Å². The van der Waals surface area contributed by atoms with Crippen molar-refractivity contribution in [1.29, 1.82) is 0 Å². The summed E-state index contributed by atoms with van der Waals surface area (Å²) >= 11 is 0. The van der Waals surface area contributed by atoms with Crippen LogP contribution < -0.4 is 10.6 Å². The fourth-order valence-electron chi connectivity index (χ4n) is 2.77. The summed E-state index contributed by atoms with van der Waals surface area (Å²) in [6.45, 7) is 3.81. The van der Waals surface area contributed by atoms with Gasteiger partial charge in [0, 0.05) is 17.3 Å². The van der Waals surface area contributed by atoms with Crippen LogP contribution in [-0.2, 0) is 0 Å². The summed E-state index contributed by atoms with van der Waals surface area (Å²) in [5.74, 6) is 0.789. The van der Waals surface area contributed by atoms with E-state index in [1.165, 1.54) is 26.2 Å². The summed E-state index contributed by atoms with van der Waals surface area (Å²) in [6.07, 6.45) is 5.73. The molecule has 1 aromatic rings. The van der Waals surface area contributed by atoms with Gasteiger partial charge in [0.15, 0.2) is 5.78 Å². The van der Waals surface area contributed by atoms with E-state index >= 15 is 0 Å². The minimum Gasteiger partial charge on any atom is -0.335 e. The molecule has 0 radical (unpaired) electrons. The second-order valence-electron chi connectivity index (χ2n) is 6.04. The molecule has 0 aromatic heterocycles. The van der Waals surface area contributed by atoms with Gasteiger partial charge in [0.1, 0.15) is 0 Å². The van der Waals surface area contributed by atoms with Crippen molar-refractivity contribution in [2.45, 2.75) is 52.0 Å². The largest absolute Gasteiger partial charge is 0.335 e. The van der Waals surface area contributed by atoms with Crippen LogP contribution in [0, 0.1) is 5.92 Å². The van der Waals surface area contributed by atoms with Crippen LogP contribution >= 0.6 is 0 Å². The van der Waals surface area contributed by atoms with E-state index in [1.54, 1.807) is 24.3 Å². The Morgan fingerprint density at radius 3 is 2.43 bits per heavy atom. The Kier molecular flexibility index (Phi) is 5.37. The lowest BCUT2D eigenvalue weighted by atomic mass is 10.0. The van der Waals surface area contributed by atoms with Crippen molar-refractivity contribution in [2.75, 3.05) is 5.32 Å². The first kappa shape index (κ1) is 15.5. The molecule has 4 nitrogen and oxygen atoms in total. The van der Waals surface area contributed by atoms with Gasteiger partial charge in [0.25, 0.3) is 0 Å². The molecule has 1 aromatic carbocycles. The van der Waals surface area contributed by atoms with Crippen molar-refractivity contribution in [1.82, 2.24) is 5.32 Å². The summed E-state index contributed by atoms with van der Waals surface area (Å²) in [4.78, 5) is 23.2. The van der Waals surface area contributed by atoms with Crippen molar-refractivity contribution in [2.24, 2.45) is 5.92 Å². The molecule has 21 heavy (non-hydrogen) atoms. The van der Waals surface area contributed by atoms with Crippen molar-refractivity contribution < 1.29 is 9.59 Å². The number of rotatable bonds is 3. The molecule has 1 fully saturated rings. The molecule has 4 heteroatoms. The van der Waals surface area contributed by atoms with Crippen molar-refractivity contribution in [3.05, 3.63) is 29.8 Å². The third-order valence-corrected chi connectivity index (χ3v) is 4.14. The lowest BCUT2D eigenvalue weighted by Gasteiger charge is -2.17. The molecule has 2 amide bonds. The van der Waals surface area contributed by atoms with Crippen molar-refractivity contribution in [3.63, 3.8) is 0 Å². The van der Waals surface area contributed by atoms with Crippen LogP contribution in [0.4, 0.5) is 10.5 Å². The fraction of sp³-hybridized carbons (Fsp3) is 0.529. The van der Waals surface area contributed by atoms with Crippen LogP contribution in [0.3, 0.4) is 0 Å². The molecule has 114 valence electrons. The maximum atomic E-state index is 12.0. The Labute approximate surface area is 126 Å². The number of carbonyl (C=O) groups is 2. The van der Waals surface area contributed by atoms with Crippen LogP contribution in [0.1, 0.15) is 56.3 Å². The van der Waals surface area contributed by atoms with E-state index in [9.17, 15) is 9.59 Å². The number of hydrogen-bond acceptors (Lipinski definition) is 2. The predicted molar refractivity (Wildman–Crippen MR) is 84.6 cm³/mol. The number of amides is 2. The molecule has 2 rings (SSSR count). The smallest absolute Gasteiger partial charge is 0.319 e. The van der Waals surface area contributed by atoms with Gasteiger partial charge < -0.3 is 10.6 Å². The van der Waals surface area contributed by atoms with Crippen LogP contribution in [0.5, 0.6) is 0 Å².